The molecule has 0 saturated carbocycles. The minimum Gasteiger partial charge on any atom is -0.490 e. The van der Waals surface area contributed by atoms with Gasteiger partial charge in [0.1, 0.15) is 6.07 Å². The Morgan fingerprint density at radius 1 is 1.06 bits per heavy atom. The van der Waals surface area contributed by atoms with Crippen LogP contribution < -0.4 is 14.8 Å². The highest BCUT2D eigenvalue weighted by atomic mass is 16.5. The molecule has 1 saturated heterocycles. The molecule has 0 bridgehead atoms. The Kier molecular flexibility index (Phi) is 9.07. The molecule has 0 aliphatic carbocycles. The number of para-hydroxylation sites is 1. The molecule has 0 aromatic heterocycles. The molecule has 1 fully saturated rings. The maximum Gasteiger partial charge on any atom is 0.339 e. The standard InChI is InChI=1S/C26H29N3O6/c1-3-33-23-15-19(11-12-22(23)34-17-24(30)29-13-7-4-8-14-29)26(32)35-18(2)25(31)28-21-10-6-5-9-20(21)16-27/h5-6,9-12,15,18H,3-4,7-8,13-14,17H2,1-2H3,(H,28,31). The third-order valence-electron chi connectivity index (χ3n) is 5.50. The van der Waals surface area contributed by atoms with Gasteiger partial charge in [0.2, 0.25) is 0 Å². The molecule has 0 radical (unpaired) electrons. The van der Waals surface area contributed by atoms with Gasteiger partial charge in [0.25, 0.3) is 11.8 Å². The maximum atomic E-state index is 12.7. The first-order valence-corrected chi connectivity index (χ1v) is 11.6. The predicted molar refractivity (Wildman–Crippen MR) is 128 cm³/mol. The molecule has 1 aliphatic rings. The highest BCUT2D eigenvalue weighted by Crippen LogP contribution is 2.29. The number of nitrogens with one attached hydrogen (secondary N) is 1. The molecule has 1 heterocycles. The fourth-order valence-electron chi connectivity index (χ4n) is 3.60. The second-order valence-corrected chi connectivity index (χ2v) is 8.02. The number of piperidine rings is 1. The summed E-state index contributed by atoms with van der Waals surface area (Å²) < 4.78 is 16.6. The molecular formula is C26H29N3O6. The SMILES string of the molecule is CCOc1cc(C(=O)OC(C)C(=O)Nc2ccccc2C#N)ccc1OCC(=O)N1CCCCC1. The van der Waals surface area contributed by atoms with Crippen LogP contribution in [0.4, 0.5) is 5.69 Å². The lowest BCUT2D eigenvalue weighted by Crippen LogP contribution is -2.38. The molecule has 9 nitrogen and oxygen atoms in total. The number of hydrogen-bond acceptors (Lipinski definition) is 7. The number of ether oxygens (including phenoxy) is 3. The largest absolute Gasteiger partial charge is 0.490 e. The van der Waals surface area contributed by atoms with Gasteiger partial charge in [-0.1, -0.05) is 12.1 Å². The Morgan fingerprint density at radius 2 is 1.80 bits per heavy atom. The molecular weight excluding hydrogens is 450 g/mol. The van der Waals surface area contributed by atoms with Gasteiger partial charge < -0.3 is 24.4 Å². The average Bonchev–Trinajstić information content (AvgIpc) is 2.88. The summed E-state index contributed by atoms with van der Waals surface area (Å²) >= 11 is 0. The second-order valence-electron chi connectivity index (χ2n) is 8.02. The van der Waals surface area contributed by atoms with Crippen molar-refractivity contribution in [3.05, 3.63) is 53.6 Å². The van der Waals surface area contributed by atoms with Crippen molar-refractivity contribution in [3.63, 3.8) is 0 Å². The van der Waals surface area contributed by atoms with E-state index in [-0.39, 0.29) is 18.1 Å². The topological polar surface area (TPSA) is 118 Å². The van der Waals surface area contributed by atoms with Crippen LogP contribution in [-0.2, 0) is 14.3 Å². The monoisotopic (exact) mass is 479 g/mol. The third-order valence-corrected chi connectivity index (χ3v) is 5.50. The Morgan fingerprint density at radius 3 is 2.51 bits per heavy atom. The molecule has 1 N–H and O–H groups in total. The van der Waals surface area contributed by atoms with Crippen LogP contribution >= 0.6 is 0 Å². The molecule has 35 heavy (non-hydrogen) atoms. The van der Waals surface area contributed by atoms with Crippen LogP contribution in [0.5, 0.6) is 11.5 Å². The first kappa shape index (κ1) is 25.6. The average molecular weight is 480 g/mol. The van der Waals surface area contributed by atoms with Crippen molar-refractivity contribution in [2.45, 2.75) is 39.2 Å². The van der Waals surface area contributed by atoms with Gasteiger partial charge in [0.05, 0.1) is 23.4 Å². The fraction of sp³-hybridized carbons (Fsp3) is 0.385. The van der Waals surface area contributed by atoms with E-state index in [2.05, 4.69) is 5.32 Å². The summed E-state index contributed by atoms with van der Waals surface area (Å²) in [7, 11) is 0. The van der Waals surface area contributed by atoms with Gasteiger partial charge in [0, 0.05) is 13.1 Å². The van der Waals surface area contributed by atoms with Crippen LogP contribution in [0.25, 0.3) is 0 Å². The molecule has 0 spiro atoms. The van der Waals surface area contributed by atoms with Gasteiger partial charge in [-0.3, -0.25) is 9.59 Å². The predicted octanol–water partition coefficient (Wildman–Crippen LogP) is 3.53. The van der Waals surface area contributed by atoms with Gasteiger partial charge in [0.15, 0.2) is 24.2 Å². The smallest absolute Gasteiger partial charge is 0.339 e. The van der Waals surface area contributed by atoms with Crippen molar-refractivity contribution in [2.75, 3.05) is 31.6 Å². The molecule has 1 aliphatic heterocycles. The van der Waals surface area contributed by atoms with Crippen molar-refractivity contribution in [1.82, 2.24) is 4.90 Å². The molecule has 9 heteroatoms. The van der Waals surface area contributed by atoms with Crippen molar-refractivity contribution in [2.24, 2.45) is 0 Å². The molecule has 2 amide bonds. The van der Waals surface area contributed by atoms with Gasteiger partial charge in [-0.15, -0.1) is 0 Å². The van der Waals surface area contributed by atoms with E-state index >= 15 is 0 Å². The Labute approximate surface area is 204 Å². The van der Waals surface area contributed by atoms with E-state index in [0.717, 1.165) is 32.4 Å². The zero-order valence-corrected chi connectivity index (χ0v) is 19.9. The van der Waals surface area contributed by atoms with Crippen LogP contribution in [0.2, 0.25) is 0 Å². The number of anilines is 1. The van der Waals surface area contributed by atoms with Gasteiger partial charge >= 0.3 is 5.97 Å². The van der Waals surface area contributed by atoms with Crippen molar-refractivity contribution in [3.8, 4) is 17.6 Å². The van der Waals surface area contributed by atoms with Crippen LogP contribution in [0, 0.1) is 11.3 Å². The highest BCUT2D eigenvalue weighted by molar-refractivity contribution is 5.98. The molecule has 184 valence electrons. The number of nitrogens with zero attached hydrogens (tertiary/aromatic N) is 2. The molecule has 1 unspecified atom stereocenters. The Balaban J connectivity index is 1.62. The summed E-state index contributed by atoms with van der Waals surface area (Å²) in [4.78, 5) is 39.3. The minimum absolute atomic E-state index is 0.0894. The van der Waals surface area contributed by atoms with Crippen LogP contribution in [0.1, 0.15) is 49.0 Å². The second kappa shape index (κ2) is 12.4. The number of carbonyl (C=O) groups is 3. The summed E-state index contributed by atoms with van der Waals surface area (Å²) in [5.74, 6) is -0.741. The van der Waals surface area contributed by atoms with E-state index in [9.17, 15) is 14.4 Å². The molecule has 2 aromatic carbocycles. The zero-order valence-electron chi connectivity index (χ0n) is 19.9. The number of esters is 1. The van der Waals surface area contributed by atoms with E-state index in [1.54, 1.807) is 42.2 Å². The summed E-state index contributed by atoms with van der Waals surface area (Å²) in [5, 5.41) is 11.8. The van der Waals surface area contributed by atoms with E-state index < -0.39 is 18.0 Å². The van der Waals surface area contributed by atoms with Gasteiger partial charge in [-0.05, 0) is 63.4 Å². The Hall–Kier alpha value is -4.06. The number of carbonyl (C=O) groups excluding carboxylic acids is 3. The van der Waals surface area contributed by atoms with Crippen molar-refractivity contribution < 1.29 is 28.6 Å². The first-order valence-electron chi connectivity index (χ1n) is 11.6. The van der Waals surface area contributed by atoms with Crippen molar-refractivity contribution >= 4 is 23.5 Å². The quantitative estimate of drug-likeness (QED) is 0.547. The fourth-order valence-corrected chi connectivity index (χ4v) is 3.60. The summed E-state index contributed by atoms with van der Waals surface area (Å²) in [5.41, 5.74) is 0.803. The van der Waals surface area contributed by atoms with Crippen LogP contribution in [0.15, 0.2) is 42.5 Å². The molecule has 2 aromatic rings. The normalized spacial score (nSPS) is 13.8. The molecule has 1 atom stereocenters. The van der Waals surface area contributed by atoms with Gasteiger partial charge in [-0.25, -0.2) is 4.79 Å². The van der Waals surface area contributed by atoms with E-state index in [4.69, 9.17) is 19.5 Å². The number of hydrogen-bond donors (Lipinski definition) is 1. The lowest BCUT2D eigenvalue weighted by atomic mass is 10.1. The Bertz CT molecular complexity index is 1100. The van der Waals surface area contributed by atoms with Crippen molar-refractivity contribution in [1.29, 1.82) is 5.26 Å². The van der Waals surface area contributed by atoms with E-state index in [0.29, 0.717) is 29.4 Å². The van der Waals surface area contributed by atoms with E-state index in [1.807, 2.05) is 6.07 Å². The summed E-state index contributed by atoms with van der Waals surface area (Å²) in [6.07, 6.45) is 2.01. The number of benzene rings is 2. The summed E-state index contributed by atoms with van der Waals surface area (Å²) in [6.45, 7) is 4.91. The third kappa shape index (κ3) is 6.96. The van der Waals surface area contributed by atoms with Gasteiger partial charge in [-0.2, -0.15) is 5.26 Å². The lowest BCUT2D eigenvalue weighted by molar-refractivity contribution is -0.134. The first-order chi connectivity index (χ1) is 16.9. The van der Waals surface area contributed by atoms with E-state index in [1.165, 1.54) is 19.1 Å². The van der Waals surface area contributed by atoms with Crippen LogP contribution in [-0.4, -0.2) is 55.1 Å². The van der Waals surface area contributed by atoms with Crippen LogP contribution in [0.3, 0.4) is 0 Å². The zero-order chi connectivity index (χ0) is 25.2. The number of nitriles is 1. The highest BCUT2D eigenvalue weighted by Gasteiger charge is 2.22. The lowest BCUT2D eigenvalue weighted by Gasteiger charge is -2.26. The number of likely N-dealkylation sites (tertiary alicyclic amines) is 1. The maximum absolute atomic E-state index is 12.7. The minimum atomic E-state index is -1.11. The number of amides is 2. The number of rotatable bonds is 9. The molecule has 3 rings (SSSR count). The summed E-state index contributed by atoms with van der Waals surface area (Å²) in [6, 6.07) is 13.0.